The van der Waals surface area contributed by atoms with Gasteiger partial charge in [0.2, 0.25) is 11.8 Å². The zero-order chi connectivity index (χ0) is 48.9. The summed E-state index contributed by atoms with van der Waals surface area (Å²) in [6.07, 6.45) is 1.37. The number of fused-ring (bicyclic) bond motifs is 2. The van der Waals surface area contributed by atoms with E-state index in [4.69, 9.17) is 38.1 Å². The van der Waals surface area contributed by atoms with E-state index in [1.807, 2.05) is 59.1 Å². The summed E-state index contributed by atoms with van der Waals surface area (Å²) in [5.74, 6) is -1.43. The Kier molecular flexibility index (Phi) is 17.4. The van der Waals surface area contributed by atoms with E-state index in [0.717, 1.165) is 42.5 Å². The Morgan fingerprint density at radius 2 is 1.33 bits per heavy atom. The van der Waals surface area contributed by atoms with E-state index in [0.29, 0.717) is 64.4 Å². The first-order valence-corrected chi connectivity index (χ1v) is 23.6. The SMILES string of the molecule is CN(C)c1ccc2nc(-c3ccc(-c4ccc(N(CCOCCOCCOCCOCCOCCOc5ccc6c(c5)C(=O)N(C5CCC(=O)NC5=O)C6=O)C(=O)OC(C)(C)C)nc4)cc3)sc2c1. The molecule has 4 heterocycles. The maximum absolute atomic E-state index is 13.3. The van der Waals surface area contributed by atoms with Crippen LogP contribution in [0, 0.1) is 0 Å². The molecule has 1 unspecified atom stereocenters. The molecule has 1 fully saturated rings. The molecule has 7 rings (SSSR count). The molecule has 2 aromatic heterocycles. The summed E-state index contributed by atoms with van der Waals surface area (Å²) in [6, 6.07) is 21.8. The van der Waals surface area contributed by atoms with Gasteiger partial charge >= 0.3 is 6.09 Å². The molecule has 69 heavy (non-hydrogen) atoms. The molecular weight excluding hydrogens is 909 g/mol. The number of imide groups is 2. The number of ether oxygens (including phenoxy) is 7. The first-order valence-electron chi connectivity index (χ1n) is 22.8. The number of aromatic nitrogens is 2. The van der Waals surface area contributed by atoms with Gasteiger partial charge in [-0.15, -0.1) is 11.3 Å². The van der Waals surface area contributed by atoms with E-state index >= 15 is 0 Å². The van der Waals surface area contributed by atoms with Crippen LogP contribution in [0.5, 0.6) is 5.75 Å². The van der Waals surface area contributed by atoms with Gasteiger partial charge in [0.25, 0.3) is 11.8 Å². The molecule has 0 aliphatic carbocycles. The number of hydrogen-bond donors (Lipinski definition) is 1. The molecule has 1 atom stereocenters. The second kappa shape index (κ2) is 23.8. The quantitative estimate of drug-likeness (QED) is 0.0527. The summed E-state index contributed by atoms with van der Waals surface area (Å²) in [7, 11) is 4.06. The highest BCUT2D eigenvalue weighted by atomic mass is 32.1. The maximum Gasteiger partial charge on any atom is 0.416 e. The largest absolute Gasteiger partial charge is 0.491 e. The third kappa shape index (κ3) is 13.7. The molecule has 5 aromatic rings. The number of piperidine rings is 1. The summed E-state index contributed by atoms with van der Waals surface area (Å²) in [6.45, 7) is 9.29. The number of benzene rings is 3. The first-order chi connectivity index (χ1) is 33.3. The minimum Gasteiger partial charge on any atom is -0.491 e. The topological polar surface area (TPSA) is 197 Å². The van der Waals surface area contributed by atoms with Crippen LogP contribution >= 0.6 is 11.3 Å². The minimum absolute atomic E-state index is 0.0516. The lowest BCUT2D eigenvalue weighted by Crippen LogP contribution is -2.54. The number of hydrogen-bond acceptors (Lipinski definition) is 16. The molecule has 2 aliphatic rings. The average Bonchev–Trinajstić information content (AvgIpc) is 3.86. The zero-order valence-electron chi connectivity index (χ0n) is 39.5. The van der Waals surface area contributed by atoms with Crippen molar-refractivity contribution in [3.05, 3.63) is 90.1 Å². The normalized spacial score (nSPS) is 14.9. The molecule has 1 N–H and O–H groups in total. The number of anilines is 2. The van der Waals surface area contributed by atoms with Crippen LogP contribution in [0.15, 0.2) is 79.0 Å². The van der Waals surface area contributed by atoms with E-state index in [9.17, 15) is 24.0 Å². The van der Waals surface area contributed by atoms with Gasteiger partial charge in [-0.1, -0.05) is 24.3 Å². The second-order valence-electron chi connectivity index (χ2n) is 17.2. The monoisotopic (exact) mass is 966 g/mol. The standard InChI is InChI=1S/C50H58N6O12S/c1-50(2,3)68-49(61)55(43-16-10-35(32-51-43)33-6-8-34(9-7-33)46-52-40-14-11-36(54(4)5)30-42(40)69-46)18-19-62-20-21-63-22-23-64-24-25-65-26-27-66-28-29-67-37-12-13-38-39(31-37)48(60)56(47(38)59)41-15-17-44(57)53-45(41)58/h6-14,16,30-32,41H,15,17-29H2,1-5H3,(H,53,57,58). The fourth-order valence-electron chi connectivity index (χ4n) is 7.35. The Bertz CT molecular complexity index is 2580. The molecule has 19 heteroatoms. The van der Waals surface area contributed by atoms with Crippen molar-refractivity contribution >= 4 is 62.8 Å². The van der Waals surface area contributed by atoms with Crippen molar-refractivity contribution < 1.29 is 57.1 Å². The molecule has 1 saturated heterocycles. The van der Waals surface area contributed by atoms with Gasteiger partial charge in [0, 0.05) is 43.5 Å². The van der Waals surface area contributed by atoms with E-state index in [2.05, 4.69) is 45.5 Å². The van der Waals surface area contributed by atoms with Gasteiger partial charge in [0.05, 0.1) is 94.0 Å². The van der Waals surface area contributed by atoms with Crippen molar-refractivity contribution in [3.63, 3.8) is 0 Å². The fraction of sp³-hybridized carbons (Fsp3) is 0.420. The van der Waals surface area contributed by atoms with Crippen LogP contribution in [0.4, 0.5) is 16.3 Å². The number of pyridine rings is 1. The summed E-state index contributed by atoms with van der Waals surface area (Å²) < 4.78 is 40.6. The molecule has 3 aromatic carbocycles. The van der Waals surface area contributed by atoms with Crippen molar-refractivity contribution in [1.82, 2.24) is 20.2 Å². The average molecular weight is 967 g/mol. The molecule has 366 valence electrons. The van der Waals surface area contributed by atoms with E-state index < -0.39 is 41.4 Å². The molecule has 0 saturated carbocycles. The lowest BCUT2D eigenvalue weighted by molar-refractivity contribution is -0.136. The lowest BCUT2D eigenvalue weighted by Gasteiger charge is -2.27. The highest BCUT2D eigenvalue weighted by molar-refractivity contribution is 7.21. The number of nitrogens with zero attached hydrogens (tertiary/aromatic N) is 5. The molecule has 0 spiro atoms. The van der Waals surface area contributed by atoms with E-state index in [1.54, 1.807) is 23.6 Å². The van der Waals surface area contributed by atoms with Gasteiger partial charge in [0.15, 0.2) is 0 Å². The van der Waals surface area contributed by atoms with Gasteiger partial charge in [-0.3, -0.25) is 34.3 Å². The highest BCUT2D eigenvalue weighted by Gasteiger charge is 2.44. The lowest BCUT2D eigenvalue weighted by atomic mass is 10.0. The van der Waals surface area contributed by atoms with Gasteiger partial charge in [0.1, 0.15) is 34.8 Å². The van der Waals surface area contributed by atoms with Crippen molar-refractivity contribution in [2.75, 3.05) is 103 Å². The molecular formula is C50H58N6O12S. The third-order valence-electron chi connectivity index (χ3n) is 10.8. The van der Waals surface area contributed by atoms with Crippen molar-refractivity contribution in [2.24, 2.45) is 0 Å². The van der Waals surface area contributed by atoms with Gasteiger partial charge in [-0.2, -0.15) is 0 Å². The van der Waals surface area contributed by atoms with Crippen LogP contribution in [0.2, 0.25) is 0 Å². The number of rotatable bonds is 24. The Morgan fingerprint density at radius 3 is 1.94 bits per heavy atom. The maximum atomic E-state index is 13.3. The van der Waals surface area contributed by atoms with Crippen molar-refractivity contribution in [1.29, 1.82) is 0 Å². The van der Waals surface area contributed by atoms with Crippen LogP contribution in [-0.2, 0) is 38.0 Å². The fourth-order valence-corrected chi connectivity index (χ4v) is 8.35. The first kappa shape index (κ1) is 50.5. The molecule has 0 radical (unpaired) electrons. The summed E-state index contributed by atoms with van der Waals surface area (Å²) >= 11 is 1.67. The number of thiazole rings is 1. The number of carbonyl (C=O) groups is 5. The molecule has 18 nitrogen and oxygen atoms in total. The zero-order valence-corrected chi connectivity index (χ0v) is 40.3. The number of amides is 5. The van der Waals surface area contributed by atoms with Gasteiger partial charge < -0.3 is 38.1 Å². The Morgan fingerprint density at radius 1 is 0.725 bits per heavy atom. The Balaban J connectivity index is 0.726. The highest BCUT2D eigenvalue weighted by Crippen LogP contribution is 2.34. The Hall–Kier alpha value is -6.35. The van der Waals surface area contributed by atoms with Crippen LogP contribution in [0.25, 0.3) is 31.9 Å². The summed E-state index contributed by atoms with van der Waals surface area (Å²) in [5, 5.41) is 3.14. The van der Waals surface area contributed by atoms with Crippen LogP contribution in [0.1, 0.15) is 54.3 Å². The third-order valence-corrected chi connectivity index (χ3v) is 11.9. The second-order valence-corrected chi connectivity index (χ2v) is 18.3. The van der Waals surface area contributed by atoms with Crippen molar-refractivity contribution in [2.45, 2.75) is 45.3 Å². The van der Waals surface area contributed by atoms with Crippen LogP contribution in [-0.4, -0.2) is 150 Å². The summed E-state index contributed by atoms with van der Waals surface area (Å²) in [5.41, 5.74) is 4.69. The number of carbonyl (C=O) groups excluding carboxylic acids is 5. The minimum atomic E-state index is -1.03. The van der Waals surface area contributed by atoms with Gasteiger partial charge in [-0.05, 0) is 81.3 Å². The van der Waals surface area contributed by atoms with Crippen LogP contribution < -0.4 is 19.9 Å². The predicted molar refractivity (Wildman–Crippen MR) is 259 cm³/mol. The van der Waals surface area contributed by atoms with E-state index in [1.165, 1.54) is 17.0 Å². The van der Waals surface area contributed by atoms with E-state index in [-0.39, 0.29) is 50.3 Å². The molecule has 0 bridgehead atoms. The molecule has 5 amide bonds. The Labute approximate surface area is 404 Å². The van der Waals surface area contributed by atoms with Crippen LogP contribution in [0.3, 0.4) is 0 Å². The summed E-state index contributed by atoms with van der Waals surface area (Å²) in [4.78, 5) is 76.9. The number of nitrogens with one attached hydrogen (secondary N) is 1. The molecule has 2 aliphatic heterocycles. The smallest absolute Gasteiger partial charge is 0.416 e. The predicted octanol–water partition coefficient (Wildman–Crippen LogP) is 6.40. The van der Waals surface area contributed by atoms with Crippen molar-refractivity contribution in [3.8, 4) is 27.4 Å². The van der Waals surface area contributed by atoms with Gasteiger partial charge in [-0.25, -0.2) is 14.8 Å².